The lowest BCUT2D eigenvalue weighted by atomic mass is 10.2. The number of benzene rings is 1. The van der Waals surface area contributed by atoms with E-state index in [9.17, 15) is 4.79 Å². The molecule has 5 heteroatoms. The summed E-state index contributed by atoms with van der Waals surface area (Å²) in [6, 6.07) is 10.1. The number of anilines is 1. The van der Waals surface area contributed by atoms with Crippen molar-refractivity contribution in [3.8, 4) is 11.8 Å². The van der Waals surface area contributed by atoms with Crippen LogP contribution in [0.1, 0.15) is 16.1 Å². The van der Waals surface area contributed by atoms with Gasteiger partial charge in [-0.3, -0.25) is 4.79 Å². The molecule has 0 aliphatic rings. The first-order valence-electron chi connectivity index (χ1n) is 5.82. The number of aromatic nitrogens is 1. The highest BCUT2D eigenvalue weighted by Crippen LogP contribution is 2.14. The van der Waals surface area contributed by atoms with E-state index in [0.717, 1.165) is 0 Å². The fraction of sp³-hybridized carbons (Fsp3) is 0.0667. The number of halogens is 1. The van der Waals surface area contributed by atoms with E-state index in [-0.39, 0.29) is 18.2 Å². The highest BCUT2D eigenvalue weighted by molar-refractivity contribution is 6.30. The Morgan fingerprint density at radius 1 is 1.30 bits per heavy atom. The van der Waals surface area contributed by atoms with Gasteiger partial charge in [-0.15, -0.1) is 0 Å². The van der Waals surface area contributed by atoms with Crippen LogP contribution >= 0.6 is 11.6 Å². The molecule has 1 heterocycles. The third kappa shape index (κ3) is 3.58. The van der Waals surface area contributed by atoms with Gasteiger partial charge in [-0.1, -0.05) is 23.4 Å². The quantitative estimate of drug-likeness (QED) is 0.833. The van der Waals surface area contributed by atoms with Gasteiger partial charge in [0.25, 0.3) is 5.91 Å². The van der Waals surface area contributed by atoms with Gasteiger partial charge in [0.2, 0.25) is 0 Å². The van der Waals surface area contributed by atoms with Gasteiger partial charge in [-0.25, -0.2) is 4.98 Å². The van der Waals surface area contributed by atoms with Crippen molar-refractivity contribution in [2.75, 3.05) is 11.9 Å². The first-order valence-corrected chi connectivity index (χ1v) is 6.20. The highest BCUT2D eigenvalue weighted by atomic mass is 35.5. The molecule has 20 heavy (non-hydrogen) atoms. The van der Waals surface area contributed by atoms with E-state index < -0.39 is 0 Å². The summed E-state index contributed by atoms with van der Waals surface area (Å²) in [6.45, 7) is -0.271. The zero-order valence-electron chi connectivity index (χ0n) is 10.4. The summed E-state index contributed by atoms with van der Waals surface area (Å²) < 4.78 is 0. The average molecular weight is 287 g/mol. The van der Waals surface area contributed by atoms with Gasteiger partial charge >= 0.3 is 0 Å². The molecule has 1 amide bonds. The van der Waals surface area contributed by atoms with Crippen molar-refractivity contribution < 1.29 is 9.90 Å². The molecule has 0 bridgehead atoms. The molecule has 0 unspecified atom stereocenters. The number of amides is 1. The van der Waals surface area contributed by atoms with Crippen LogP contribution in [0.15, 0.2) is 42.6 Å². The SMILES string of the molecule is O=C(Nc1ccc(Cl)cc1)c1ncccc1C#CCO. The minimum atomic E-state index is -0.366. The molecular formula is C15H11ClN2O2. The molecule has 2 aromatic rings. The Morgan fingerprint density at radius 2 is 2.05 bits per heavy atom. The molecular weight excluding hydrogens is 276 g/mol. The second-order valence-electron chi connectivity index (χ2n) is 3.82. The molecule has 0 atom stereocenters. The first-order chi connectivity index (χ1) is 9.70. The minimum Gasteiger partial charge on any atom is -0.384 e. The normalized spacial score (nSPS) is 9.50. The van der Waals surface area contributed by atoms with Crippen molar-refractivity contribution in [3.63, 3.8) is 0 Å². The van der Waals surface area contributed by atoms with E-state index in [2.05, 4.69) is 22.1 Å². The third-order valence-electron chi connectivity index (χ3n) is 2.43. The minimum absolute atomic E-state index is 0.211. The lowest BCUT2D eigenvalue weighted by Crippen LogP contribution is -2.15. The smallest absolute Gasteiger partial charge is 0.275 e. The number of aliphatic hydroxyl groups excluding tert-OH is 1. The summed E-state index contributed by atoms with van der Waals surface area (Å²) in [5.41, 5.74) is 1.29. The number of pyridine rings is 1. The Bertz CT molecular complexity index is 672. The molecule has 0 saturated carbocycles. The van der Waals surface area contributed by atoms with Crippen LogP contribution in [0.5, 0.6) is 0 Å². The van der Waals surface area contributed by atoms with Crippen molar-refractivity contribution in [1.82, 2.24) is 4.98 Å². The third-order valence-corrected chi connectivity index (χ3v) is 2.68. The fourth-order valence-corrected chi connectivity index (χ4v) is 1.67. The maximum absolute atomic E-state index is 12.1. The van der Waals surface area contributed by atoms with Crippen LogP contribution in [0.2, 0.25) is 5.02 Å². The number of nitrogens with zero attached hydrogens (tertiary/aromatic N) is 1. The number of hydrogen-bond donors (Lipinski definition) is 2. The summed E-state index contributed by atoms with van der Waals surface area (Å²) in [5, 5.41) is 12.0. The number of carbonyl (C=O) groups excluding carboxylic acids is 1. The number of rotatable bonds is 2. The Hall–Kier alpha value is -2.35. The second-order valence-corrected chi connectivity index (χ2v) is 4.26. The van der Waals surface area contributed by atoms with Crippen LogP contribution in [-0.4, -0.2) is 22.6 Å². The summed E-state index contributed by atoms with van der Waals surface area (Å²) in [7, 11) is 0. The highest BCUT2D eigenvalue weighted by Gasteiger charge is 2.11. The van der Waals surface area contributed by atoms with Crippen LogP contribution in [0.25, 0.3) is 0 Å². The average Bonchev–Trinajstić information content (AvgIpc) is 2.47. The van der Waals surface area contributed by atoms with E-state index in [4.69, 9.17) is 16.7 Å². The Balaban J connectivity index is 2.23. The zero-order chi connectivity index (χ0) is 14.4. The van der Waals surface area contributed by atoms with E-state index >= 15 is 0 Å². The topological polar surface area (TPSA) is 62.2 Å². The molecule has 4 nitrogen and oxygen atoms in total. The lowest BCUT2D eigenvalue weighted by molar-refractivity contribution is 0.102. The van der Waals surface area contributed by atoms with Crippen LogP contribution < -0.4 is 5.32 Å². The summed E-state index contributed by atoms with van der Waals surface area (Å²) in [6.07, 6.45) is 1.51. The Labute approximate surface area is 121 Å². The van der Waals surface area contributed by atoms with Gasteiger partial charge in [0.1, 0.15) is 12.3 Å². The van der Waals surface area contributed by atoms with Crippen LogP contribution in [0, 0.1) is 11.8 Å². The largest absolute Gasteiger partial charge is 0.384 e. The molecule has 100 valence electrons. The van der Waals surface area contributed by atoms with Crippen molar-refractivity contribution in [1.29, 1.82) is 0 Å². The lowest BCUT2D eigenvalue weighted by Gasteiger charge is -2.06. The molecule has 0 aliphatic heterocycles. The molecule has 0 saturated heterocycles. The van der Waals surface area contributed by atoms with Gasteiger partial charge < -0.3 is 10.4 Å². The van der Waals surface area contributed by atoms with Crippen molar-refractivity contribution in [3.05, 3.63) is 58.9 Å². The van der Waals surface area contributed by atoms with Gasteiger partial charge in [-0.05, 0) is 36.4 Å². The monoisotopic (exact) mass is 286 g/mol. The van der Waals surface area contributed by atoms with E-state index in [1.807, 2.05) is 0 Å². The van der Waals surface area contributed by atoms with E-state index in [0.29, 0.717) is 16.3 Å². The van der Waals surface area contributed by atoms with Crippen LogP contribution in [0.4, 0.5) is 5.69 Å². The fourth-order valence-electron chi connectivity index (χ4n) is 1.55. The maximum Gasteiger partial charge on any atom is 0.275 e. The molecule has 2 N–H and O–H groups in total. The van der Waals surface area contributed by atoms with Crippen molar-refractivity contribution in [2.45, 2.75) is 0 Å². The van der Waals surface area contributed by atoms with Gasteiger partial charge in [0.05, 0.1) is 5.56 Å². The second kappa shape index (κ2) is 6.71. The van der Waals surface area contributed by atoms with E-state index in [1.54, 1.807) is 36.4 Å². The number of carbonyl (C=O) groups is 1. The number of hydrogen-bond acceptors (Lipinski definition) is 3. The van der Waals surface area contributed by atoms with Crippen LogP contribution in [-0.2, 0) is 0 Å². The molecule has 0 aliphatic carbocycles. The number of nitrogens with one attached hydrogen (secondary N) is 1. The molecule has 0 fully saturated rings. The predicted octanol–water partition coefficient (Wildman–Crippen LogP) is 2.33. The summed E-state index contributed by atoms with van der Waals surface area (Å²) in [4.78, 5) is 16.2. The Kier molecular flexibility index (Phi) is 4.72. The van der Waals surface area contributed by atoms with Gasteiger partial charge in [0.15, 0.2) is 0 Å². The van der Waals surface area contributed by atoms with Crippen LogP contribution in [0.3, 0.4) is 0 Å². The van der Waals surface area contributed by atoms with E-state index in [1.165, 1.54) is 6.20 Å². The van der Waals surface area contributed by atoms with Gasteiger partial charge in [-0.2, -0.15) is 0 Å². The zero-order valence-corrected chi connectivity index (χ0v) is 11.2. The molecule has 0 spiro atoms. The maximum atomic E-state index is 12.1. The van der Waals surface area contributed by atoms with Crippen molar-refractivity contribution >= 4 is 23.2 Å². The predicted molar refractivity (Wildman–Crippen MR) is 77.6 cm³/mol. The number of aliphatic hydroxyl groups is 1. The molecule has 2 rings (SSSR count). The van der Waals surface area contributed by atoms with Crippen molar-refractivity contribution in [2.24, 2.45) is 0 Å². The Morgan fingerprint density at radius 3 is 2.75 bits per heavy atom. The summed E-state index contributed by atoms with van der Waals surface area (Å²) >= 11 is 5.78. The molecule has 1 aromatic heterocycles. The molecule has 1 aromatic carbocycles. The summed E-state index contributed by atoms with van der Waals surface area (Å²) in [5.74, 6) is 4.83. The standard InChI is InChI=1S/C15H11ClN2O2/c16-12-5-7-13(8-6-12)18-15(20)14-11(4-2-10-19)3-1-9-17-14/h1,3,5-9,19H,10H2,(H,18,20). The molecule has 0 radical (unpaired) electrons. The first kappa shape index (κ1) is 14.1. The van der Waals surface area contributed by atoms with Gasteiger partial charge in [0, 0.05) is 16.9 Å².